The van der Waals surface area contributed by atoms with E-state index in [-0.39, 0.29) is 10.6 Å². The minimum absolute atomic E-state index is 0.154. The predicted octanol–water partition coefficient (Wildman–Crippen LogP) is 3.82. The molecule has 4 heteroatoms. The van der Waals surface area contributed by atoms with E-state index in [9.17, 15) is 10.1 Å². The highest BCUT2D eigenvalue weighted by Crippen LogP contribution is 2.26. The molecule has 0 saturated carbocycles. The molecule has 0 aliphatic heterocycles. The second kappa shape index (κ2) is 5.67. The molecule has 18 heavy (non-hydrogen) atoms. The summed E-state index contributed by atoms with van der Waals surface area (Å²) in [6.45, 7) is 2.70. The quantitative estimate of drug-likeness (QED) is 0.488. The maximum Gasteiger partial charge on any atom is 0.292 e. The summed E-state index contributed by atoms with van der Waals surface area (Å²) in [4.78, 5) is 10.6. The van der Waals surface area contributed by atoms with Crippen LogP contribution in [0.4, 0.5) is 11.4 Å². The van der Waals surface area contributed by atoms with E-state index < -0.39 is 0 Å². The molecule has 0 radical (unpaired) electrons. The number of nitrogens with zero attached hydrogens (tertiary/aromatic N) is 1. The average Bonchev–Trinajstić information content (AvgIpc) is 2.82. The van der Waals surface area contributed by atoms with Gasteiger partial charge in [-0.05, 0) is 44.2 Å². The first kappa shape index (κ1) is 12.6. The second-order valence-corrected chi connectivity index (χ2v) is 4.71. The van der Waals surface area contributed by atoms with Gasteiger partial charge in [0.1, 0.15) is 5.69 Å². The summed E-state index contributed by atoms with van der Waals surface area (Å²) in [5.74, 6) is 0. The van der Waals surface area contributed by atoms with E-state index in [1.54, 1.807) is 12.1 Å². The third kappa shape index (κ3) is 3.09. The summed E-state index contributed by atoms with van der Waals surface area (Å²) in [6, 6.07) is 5.16. The van der Waals surface area contributed by atoms with Gasteiger partial charge in [-0.2, -0.15) is 0 Å². The van der Waals surface area contributed by atoms with Crippen molar-refractivity contribution in [2.75, 3.05) is 11.9 Å². The summed E-state index contributed by atoms with van der Waals surface area (Å²) in [7, 11) is 0. The number of benzene rings is 1. The number of nitro benzene ring substituents is 1. The smallest absolute Gasteiger partial charge is 0.292 e. The molecule has 2 rings (SSSR count). The average molecular weight is 246 g/mol. The fourth-order valence-corrected chi connectivity index (χ4v) is 2.27. The van der Waals surface area contributed by atoms with Crippen LogP contribution < -0.4 is 5.32 Å². The maximum atomic E-state index is 10.9. The Labute approximate surface area is 107 Å². The van der Waals surface area contributed by atoms with Gasteiger partial charge in [-0.1, -0.05) is 17.7 Å². The third-order valence-electron chi connectivity index (χ3n) is 3.25. The molecule has 96 valence electrons. The fraction of sp³-hybridized carbons (Fsp3) is 0.429. The van der Waals surface area contributed by atoms with Crippen LogP contribution in [-0.2, 0) is 0 Å². The van der Waals surface area contributed by atoms with E-state index in [2.05, 4.69) is 11.4 Å². The molecule has 1 aliphatic rings. The lowest BCUT2D eigenvalue weighted by molar-refractivity contribution is -0.384. The van der Waals surface area contributed by atoms with E-state index >= 15 is 0 Å². The zero-order valence-electron chi connectivity index (χ0n) is 10.6. The van der Waals surface area contributed by atoms with Gasteiger partial charge in [0.15, 0.2) is 0 Å². The molecule has 4 nitrogen and oxygen atoms in total. The van der Waals surface area contributed by atoms with Crippen LogP contribution in [0.3, 0.4) is 0 Å². The molecule has 1 aromatic rings. The minimum atomic E-state index is -0.337. The van der Waals surface area contributed by atoms with Gasteiger partial charge in [0, 0.05) is 12.6 Å². The highest BCUT2D eigenvalue weighted by atomic mass is 16.6. The van der Waals surface area contributed by atoms with Crippen LogP contribution in [0.15, 0.2) is 29.8 Å². The van der Waals surface area contributed by atoms with E-state index in [0.29, 0.717) is 5.69 Å². The van der Waals surface area contributed by atoms with Gasteiger partial charge in [0.05, 0.1) is 4.92 Å². The van der Waals surface area contributed by atoms with Gasteiger partial charge in [0.2, 0.25) is 0 Å². The molecule has 0 bridgehead atoms. The van der Waals surface area contributed by atoms with Crippen molar-refractivity contribution in [3.05, 3.63) is 45.5 Å². The van der Waals surface area contributed by atoms with Gasteiger partial charge < -0.3 is 5.32 Å². The molecule has 0 fully saturated rings. The Morgan fingerprint density at radius 2 is 2.28 bits per heavy atom. The molecule has 1 N–H and O–H groups in total. The van der Waals surface area contributed by atoms with E-state index in [1.165, 1.54) is 24.8 Å². The lowest BCUT2D eigenvalue weighted by Crippen LogP contribution is -2.05. The number of hydrogen-bond acceptors (Lipinski definition) is 3. The van der Waals surface area contributed by atoms with Crippen molar-refractivity contribution in [2.24, 2.45) is 0 Å². The molecule has 0 amide bonds. The van der Waals surface area contributed by atoms with Crippen LogP contribution in [0.1, 0.15) is 31.2 Å². The normalized spacial score (nSPS) is 14.4. The fourth-order valence-electron chi connectivity index (χ4n) is 2.27. The van der Waals surface area contributed by atoms with Crippen molar-refractivity contribution in [3.63, 3.8) is 0 Å². The summed E-state index contributed by atoms with van der Waals surface area (Å²) in [5, 5.41) is 14.1. The zero-order valence-corrected chi connectivity index (χ0v) is 10.6. The first-order valence-corrected chi connectivity index (χ1v) is 6.33. The number of allylic oxidation sites excluding steroid dienone is 1. The highest BCUT2D eigenvalue weighted by molar-refractivity contribution is 5.62. The monoisotopic (exact) mass is 246 g/mol. The molecular formula is C14H18N2O2. The Kier molecular flexibility index (Phi) is 3.97. The van der Waals surface area contributed by atoms with Gasteiger partial charge in [-0.25, -0.2) is 0 Å². The SMILES string of the molecule is Cc1ccc([N+](=O)[O-])c(NCCC2=CCCC2)c1. The van der Waals surface area contributed by atoms with Crippen LogP contribution >= 0.6 is 0 Å². The van der Waals surface area contributed by atoms with Gasteiger partial charge in [-0.15, -0.1) is 0 Å². The lowest BCUT2D eigenvalue weighted by Gasteiger charge is -2.08. The number of rotatable bonds is 5. The van der Waals surface area contributed by atoms with Gasteiger partial charge >= 0.3 is 0 Å². The van der Waals surface area contributed by atoms with E-state index in [0.717, 1.165) is 18.5 Å². The Balaban J connectivity index is 1.99. The summed E-state index contributed by atoms with van der Waals surface area (Å²) in [6.07, 6.45) is 6.87. The maximum absolute atomic E-state index is 10.9. The Morgan fingerprint density at radius 1 is 1.44 bits per heavy atom. The molecular weight excluding hydrogens is 228 g/mol. The summed E-state index contributed by atoms with van der Waals surface area (Å²) >= 11 is 0. The van der Waals surface area contributed by atoms with Gasteiger partial charge in [-0.3, -0.25) is 10.1 Å². The van der Waals surface area contributed by atoms with Crippen molar-refractivity contribution in [1.29, 1.82) is 0 Å². The van der Waals surface area contributed by atoms with Crippen molar-refractivity contribution < 1.29 is 4.92 Å². The van der Waals surface area contributed by atoms with Gasteiger partial charge in [0.25, 0.3) is 5.69 Å². The second-order valence-electron chi connectivity index (χ2n) is 4.71. The molecule has 0 atom stereocenters. The van der Waals surface area contributed by atoms with Crippen molar-refractivity contribution in [2.45, 2.75) is 32.6 Å². The molecule has 0 saturated heterocycles. The number of hydrogen-bond donors (Lipinski definition) is 1. The molecule has 1 aromatic carbocycles. The number of nitrogens with one attached hydrogen (secondary N) is 1. The molecule has 0 unspecified atom stereocenters. The standard InChI is InChI=1S/C14H18N2O2/c1-11-6-7-14(16(17)18)13(10-11)15-9-8-12-4-2-3-5-12/h4,6-7,10,15H,2-3,5,8-9H2,1H3. The molecule has 0 aromatic heterocycles. The minimum Gasteiger partial charge on any atom is -0.379 e. The van der Waals surface area contributed by atoms with Crippen molar-refractivity contribution in [1.82, 2.24) is 0 Å². The predicted molar refractivity (Wildman–Crippen MR) is 72.9 cm³/mol. The largest absolute Gasteiger partial charge is 0.379 e. The third-order valence-corrected chi connectivity index (χ3v) is 3.25. The Hall–Kier alpha value is -1.84. The van der Waals surface area contributed by atoms with Crippen LogP contribution in [0.5, 0.6) is 0 Å². The first-order valence-electron chi connectivity index (χ1n) is 6.33. The Morgan fingerprint density at radius 3 is 2.94 bits per heavy atom. The highest BCUT2D eigenvalue weighted by Gasteiger charge is 2.13. The van der Waals surface area contributed by atoms with Crippen LogP contribution in [0, 0.1) is 17.0 Å². The van der Waals surface area contributed by atoms with Crippen LogP contribution in [0.2, 0.25) is 0 Å². The zero-order chi connectivity index (χ0) is 13.0. The van der Waals surface area contributed by atoms with Crippen molar-refractivity contribution >= 4 is 11.4 Å². The topological polar surface area (TPSA) is 55.2 Å². The molecule has 0 heterocycles. The Bertz CT molecular complexity index is 481. The number of anilines is 1. The summed E-state index contributed by atoms with van der Waals surface area (Å²) in [5.41, 5.74) is 3.28. The van der Waals surface area contributed by atoms with E-state index in [4.69, 9.17) is 0 Å². The molecule has 0 spiro atoms. The first-order chi connectivity index (χ1) is 8.66. The van der Waals surface area contributed by atoms with Crippen molar-refractivity contribution in [3.8, 4) is 0 Å². The molecule has 1 aliphatic carbocycles. The number of nitro groups is 1. The summed E-state index contributed by atoms with van der Waals surface area (Å²) < 4.78 is 0. The lowest BCUT2D eigenvalue weighted by atomic mass is 10.1. The van der Waals surface area contributed by atoms with E-state index in [1.807, 2.05) is 13.0 Å². The van der Waals surface area contributed by atoms with Crippen LogP contribution in [-0.4, -0.2) is 11.5 Å². The number of aryl methyl sites for hydroxylation is 1. The van der Waals surface area contributed by atoms with Crippen LogP contribution in [0.25, 0.3) is 0 Å².